The minimum Gasteiger partial charge on any atom is -0.493 e. The fourth-order valence-corrected chi connectivity index (χ4v) is 3.31. The maximum Gasteiger partial charge on any atom is 0.205 e. The summed E-state index contributed by atoms with van der Waals surface area (Å²) in [5, 5.41) is 7.58. The number of nitrogen functional groups attached to an aromatic ring is 1. The molecular weight excluding hydrogens is 407 g/mol. The number of benzene rings is 2. The lowest BCUT2D eigenvalue weighted by molar-refractivity contribution is 0.284. The van der Waals surface area contributed by atoms with Gasteiger partial charge in [0.15, 0.2) is 11.5 Å². The first-order valence-corrected chi connectivity index (χ1v) is 9.45. The summed E-state index contributed by atoms with van der Waals surface area (Å²) in [6.07, 6.45) is 1.61. The summed E-state index contributed by atoms with van der Waals surface area (Å²) >= 11 is 13.8. The van der Waals surface area contributed by atoms with E-state index in [1.807, 2.05) is 12.1 Å². The number of rotatable bonds is 7. The Kier molecular flexibility index (Phi) is 6.39. The van der Waals surface area contributed by atoms with Gasteiger partial charge in [0.25, 0.3) is 0 Å². The van der Waals surface area contributed by atoms with Crippen molar-refractivity contribution in [1.82, 2.24) is 4.98 Å². The molecule has 0 aliphatic carbocycles. The molecule has 1 aromatic heterocycles. The SMILES string of the molecule is COc1cccc(C=NNc2nc(N)cs2)c1OCc1c(Cl)cccc1Cl. The van der Waals surface area contributed by atoms with Crippen LogP contribution in [-0.4, -0.2) is 18.3 Å². The first kappa shape index (κ1) is 19.3. The third-order valence-corrected chi connectivity index (χ3v) is 5.01. The summed E-state index contributed by atoms with van der Waals surface area (Å²) in [7, 11) is 1.57. The van der Waals surface area contributed by atoms with E-state index in [-0.39, 0.29) is 6.61 Å². The van der Waals surface area contributed by atoms with Crippen LogP contribution in [0.25, 0.3) is 0 Å². The van der Waals surface area contributed by atoms with E-state index in [1.165, 1.54) is 11.3 Å². The summed E-state index contributed by atoms with van der Waals surface area (Å²) in [5.74, 6) is 1.54. The van der Waals surface area contributed by atoms with Crippen LogP contribution in [0.2, 0.25) is 10.0 Å². The summed E-state index contributed by atoms with van der Waals surface area (Å²) in [4.78, 5) is 4.08. The van der Waals surface area contributed by atoms with Gasteiger partial charge in [0.2, 0.25) is 5.13 Å². The molecule has 0 saturated carbocycles. The number of aromatic nitrogens is 1. The number of hydrogen-bond acceptors (Lipinski definition) is 7. The van der Waals surface area contributed by atoms with Crippen LogP contribution < -0.4 is 20.6 Å². The summed E-state index contributed by atoms with van der Waals surface area (Å²) < 4.78 is 11.4. The number of para-hydroxylation sites is 1. The standard InChI is InChI=1S/C18H16Cl2N4O2S/c1-25-15-7-2-4-11(8-22-24-18-23-16(21)10-27-18)17(15)26-9-12-13(19)5-3-6-14(12)20/h2-8,10H,9,21H2,1H3,(H,23,24). The molecule has 0 spiro atoms. The van der Waals surface area contributed by atoms with Crippen molar-refractivity contribution in [2.75, 3.05) is 18.3 Å². The molecule has 6 nitrogen and oxygen atoms in total. The summed E-state index contributed by atoms with van der Waals surface area (Å²) in [6.45, 7) is 0.191. The van der Waals surface area contributed by atoms with Crippen molar-refractivity contribution in [3.63, 3.8) is 0 Å². The van der Waals surface area contributed by atoms with E-state index in [0.29, 0.717) is 38.1 Å². The Hall–Kier alpha value is -2.48. The molecule has 3 N–H and O–H groups in total. The van der Waals surface area contributed by atoms with Gasteiger partial charge in [-0.05, 0) is 24.3 Å². The van der Waals surface area contributed by atoms with Crippen molar-refractivity contribution in [1.29, 1.82) is 0 Å². The first-order chi connectivity index (χ1) is 13.1. The van der Waals surface area contributed by atoms with Gasteiger partial charge in [0.1, 0.15) is 12.4 Å². The fourth-order valence-electron chi connectivity index (χ4n) is 2.26. The van der Waals surface area contributed by atoms with E-state index >= 15 is 0 Å². The molecule has 0 amide bonds. The molecule has 0 saturated heterocycles. The fraction of sp³-hybridized carbons (Fsp3) is 0.111. The van der Waals surface area contributed by atoms with Crippen LogP contribution in [0, 0.1) is 0 Å². The number of hydrogen-bond donors (Lipinski definition) is 2. The maximum atomic E-state index is 6.21. The second-order valence-corrected chi connectivity index (χ2v) is 6.99. The monoisotopic (exact) mass is 422 g/mol. The lowest BCUT2D eigenvalue weighted by atomic mass is 10.2. The third kappa shape index (κ3) is 4.82. The number of methoxy groups -OCH3 is 1. The van der Waals surface area contributed by atoms with Crippen LogP contribution in [-0.2, 0) is 6.61 Å². The average molecular weight is 423 g/mol. The second kappa shape index (κ2) is 8.94. The van der Waals surface area contributed by atoms with E-state index in [1.54, 1.807) is 43.0 Å². The van der Waals surface area contributed by atoms with Gasteiger partial charge in [-0.15, -0.1) is 11.3 Å². The van der Waals surface area contributed by atoms with Gasteiger partial charge >= 0.3 is 0 Å². The van der Waals surface area contributed by atoms with E-state index in [0.717, 1.165) is 5.56 Å². The Morgan fingerprint density at radius 2 is 1.96 bits per heavy atom. The minimum atomic E-state index is 0.191. The molecule has 3 aromatic rings. The van der Waals surface area contributed by atoms with Crippen molar-refractivity contribution in [2.24, 2.45) is 5.10 Å². The van der Waals surface area contributed by atoms with Gasteiger partial charge in [-0.3, -0.25) is 5.43 Å². The second-order valence-electron chi connectivity index (χ2n) is 5.32. The zero-order chi connectivity index (χ0) is 19.2. The highest BCUT2D eigenvalue weighted by molar-refractivity contribution is 7.14. The van der Waals surface area contributed by atoms with Crippen LogP contribution >= 0.6 is 34.5 Å². The van der Waals surface area contributed by atoms with Crippen LogP contribution in [0.5, 0.6) is 11.5 Å². The summed E-state index contributed by atoms with van der Waals surface area (Å²) in [5.41, 5.74) is 9.84. The van der Waals surface area contributed by atoms with Crippen molar-refractivity contribution < 1.29 is 9.47 Å². The van der Waals surface area contributed by atoms with Gasteiger partial charge in [0.05, 0.1) is 13.3 Å². The van der Waals surface area contributed by atoms with E-state index in [9.17, 15) is 0 Å². The molecule has 0 atom stereocenters. The molecular formula is C18H16Cl2N4O2S. The zero-order valence-corrected chi connectivity index (χ0v) is 16.6. The predicted molar refractivity (Wildman–Crippen MR) is 112 cm³/mol. The molecule has 0 aliphatic rings. The Morgan fingerprint density at radius 1 is 1.22 bits per heavy atom. The number of nitrogens with one attached hydrogen (secondary N) is 1. The molecule has 0 radical (unpaired) electrons. The van der Waals surface area contributed by atoms with Crippen LogP contribution in [0.4, 0.5) is 10.9 Å². The number of nitrogens with two attached hydrogens (primary N) is 1. The highest BCUT2D eigenvalue weighted by Gasteiger charge is 2.12. The Morgan fingerprint density at radius 3 is 2.63 bits per heavy atom. The molecule has 0 unspecified atom stereocenters. The van der Waals surface area contributed by atoms with Gasteiger partial charge < -0.3 is 15.2 Å². The zero-order valence-electron chi connectivity index (χ0n) is 14.3. The largest absolute Gasteiger partial charge is 0.493 e. The molecule has 3 rings (SSSR count). The number of ether oxygens (including phenoxy) is 2. The van der Waals surface area contributed by atoms with Crippen molar-refractivity contribution in [2.45, 2.75) is 6.61 Å². The molecule has 140 valence electrons. The van der Waals surface area contributed by atoms with Gasteiger partial charge in [-0.25, -0.2) is 4.98 Å². The molecule has 0 bridgehead atoms. The highest BCUT2D eigenvalue weighted by Crippen LogP contribution is 2.33. The van der Waals surface area contributed by atoms with Gasteiger partial charge in [0, 0.05) is 26.6 Å². The topological polar surface area (TPSA) is 81.8 Å². The number of thiazole rings is 1. The van der Waals surface area contributed by atoms with E-state index in [4.69, 9.17) is 38.4 Å². The van der Waals surface area contributed by atoms with Gasteiger partial charge in [-0.1, -0.05) is 35.3 Å². The average Bonchev–Trinajstić information content (AvgIpc) is 3.07. The molecule has 1 heterocycles. The Balaban J connectivity index is 1.81. The lowest BCUT2D eigenvalue weighted by Crippen LogP contribution is -2.02. The quantitative estimate of drug-likeness (QED) is 0.410. The summed E-state index contributed by atoms with van der Waals surface area (Å²) in [6, 6.07) is 10.8. The maximum absolute atomic E-state index is 6.21. The first-order valence-electron chi connectivity index (χ1n) is 7.81. The third-order valence-electron chi connectivity index (χ3n) is 3.54. The number of nitrogens with zero attached hydrogens (tertiary/aromatic N) is 2. The van der Waals surface area contributed by atoms with Crippen LogP contribution in [0.15, 0.2) is 46.9 Å². The van der Waals surface area contributed by atoms with Gasteiger partial charge in [-0.2, -0.15) is 5.10 Å². The highest BCUT2D eigenvalue weighted by atomic mass is 35.5. The molecule has 27 heavy (non-hydrogen) atoms. The Labute approximate surface area is 170 Å². The number of halogens is 2. The molecule has 0 fully saturated rings. The Bertz CT molecular complexity index is 942. The van der Waals surface area contributed by atoms with Crippen molar-refractivity contribution in [3.8, 4) is 11.5 Å². The lowest BCUT2D eigenvalue weighted by Gasteiger charge is -2.14. The van der Waals surface area contributed by atoms with Crippen molar-refractivity contribution in [3.05, 3.63) is 63.0 Å². The van der Waals surface area contributed by atoms with E-state index in [2.05, 4.69) is 15.5 Å². The minimum absolute atomic E-state index is 0.191. The molecule has 0 aliphatic heterocycles. The normalized spacial score (nSPS) is 10.9. The van der Waals surface area contributed by atoms with Crippen LogP contribution in [0.1, 0.15) is 11.1 Å². The molecule has 9 heteroatoms. The van der Waals surface area contributed by atoms with Crippen molar-refractivity contribution >= 4 is 51.7 Å². The predicted octanol–water partition coefficient (Wildman–Crippen LogP) is 5.07. The number of hydrazone groups is 1. The smallest absolute Gasteiger partial charge is 0.205 e. The van der Waals surface area contributed by atoms with Crippen LogP contribution in [0.3, 0.4) is 0 Å². The molecule has 2 aromatic carbocycles. The number of anilines is 2. The van der Waals surface area contributed by atoms with E-state index < -0.39 is 0 Å².